The van der Waals surface area contributed by atoms with Gasteiger partial charge in [-0.1, -0.05) is 17.8 Å². The monoisotopic (exact) mass is 362 g/mol. The van der Waals surface area contributed by atoms with Crippen molar-refractivity contribution in [3.05, 3.63) is 58.9 Å². The molecule has 25 heavy (non-hydrogen) atoms. The van der Waals surface area contributed by atoms with E-state index in [1.165, 1.54) is 12.3 Å². The Labute approximate surface area is 148 Å². The Morgan fingerprint density at radius 2 is 2.20 bits per heavy atom. The van der Waals surface area contributed by atoms with Gasteiger partial charge in [-0.3, -0.25) is 14.4 Å². The second-order valence-corrected chi connectivity index (χ2v) is 5.92. The van der Waals surface area contributed by atoms with Crippen molar-refractivity contribution in [1.82, 2.24) is 20.6 Å². The normalized spacial score (nSPS) is 10.2. The number of carbonyl (C=O) groups is 2. The maximum Gasteiger partial charge on any atom is 0.251 e. The molecule has 2 amide bonds. The lowest BCUT2D eigenvalue weighted by Crippen LogP contribution is -2.26. The molecular formula is C16H18N4O4S. The summed E-state index contributed by atoms with van der Waals surface area (Å²) < 4.78 is 5.12. The number of nitrogens with one attached hydrogen (secondary N) is 3. The molecular weight excluding hydrogens is 344 g/mol. The van der Waals surface area contributed by atoms with E-state index in [4.69, 9.17) is 4.42 Å². The summed E-state index contributed by atoms with van der Waals surface area (Å²) in [5, 5.41) is 5.59. The number of nitrogens with zero attached hydrogens (tertiary/aromatic N) is 1. The van der Waals surface area contributed by atoms with Crippen molar-refractivity contribution in [2.24, 2.45) is 0 Å². The van der Waals surface area contributed by atoms with Gasteiger partial charge in [0.15, 0.2) is 5.16 Å². The zero-order valence-electron chi connectivity index (χ0n) is 13.4. The number of carbonyl (C=O) groups excluding carboxylic acids is 2. The minimum absolute atomic E-state index is 0.0178. The van der Waals surface area contributed by atoms with Crippen molar-refractivity contribution in [2.45, 2.75) is 18.1 Å². The van der Waals surface area contributed by atoms with Crippen LogP contribution in [0.25, 0.3) is 0 Å². The first-order valence-electron chi connectivity index (χ1n) is 7.46. The van der Waals surface area contributed by atoms with Crippen molar-refractivity contribution < 1.29 is 14.0 Å². The lowest BCUT2D eigenvalue weighted by Gasteiger charge is -2.05. The molecule has 2 rings (SSSR count). The number of amides is 2. The Kier molecular flexibility index (Phi) is 7.02. The second kappa shape index (κ2) is 9.48. The van der Waals surface area contributed by atoms with Crippen molar-refractivity contribution >= 4 is 23.6 Å². The number of rotatable bonds is 9. The van der Waals surface area contributed by atoms with Crippen LogP contribution in [0.3, 0.4) is 0 Å². The van der Waals surface area contributed by atoms with E-state index >= 15 is 0 Å². The minimum atomic E-state index is -0.375. The predicted molar refractivity (Wildman–Crippen MR) is 93.0 cm³/mol. The summed E-state index contributed by atoms with van der Waals surface area (Å²) in [7, 11) is 0. The van der Waals surface area contributed by atoms with Gasteiger partial charge in [-0.15, -0.1) is 6.58 Å². The molecule has 0 aliphatic carbocycles. The summed E-state index contributed by atoms with van der Waals surface area (Å²) in [6, 6.07) is 4.75. The van der Waals surface area contributed by atoms with Crippen LogP contribution in [0, 0.1) is 0 Å². The summed E-state index contributed by atoms with van der Waals surface area (Å²) in [5.74, 6) is 0.246. The second-order valence-electron chi connectivity index (χ2n) is 4.96. The van der Waals surface area contributed by atoms with E-state index in [2.05, 4.69) is 27.2 Å². The van der Waals surface area contributed by atoms with Gasteiger partial charge in [0.2, 0.25) is 11.8 Å². The van der Waals surface area contributed by atoms with E-state index in [0.717, 1.165) is 11.8 Å². The van der Waals surface area contributed by atoms with E-state index in [1.807, 2.05) is 0 Å². The number of hydrogen-bond acceptors (Lipinski definition) is 6. The molecule has 0 aliphatic rings. The fourth-order valence-corrected chi connectivity index (χ4v) is 2.56. The molecule has 2 aromatic heterocycles. The van der Waals surface area contributed by atoms with Crippen LogP contribution in [0.1, 0.15) is 11.5 Å². The zero-order valence-corrected chi connectivity index (χ0v) is 14.2. The molecule has 0 spiro atoms. The molecule has 0 aromatic carbocycles. The van der Waals surface area contributed by atoms with Crippen LogP contribution < -0.4 is 16.2 Å². The Morgan fingerprint density at radius 1 is 1.36 bits per heavy atom. The van der Waals surface area contributed by atoms with Crippen LogP contribution in [0.4, 0.5) is 0 Å². The van der Waals surface area contributed by atoms with Gasteiger partial charge in [0.1, 0.15) is 5.76 Å². The van der Waals surface area contributed by atoms with Crippen molar-refractivity contribution in [3.8, 4) is 0 Å². The van der Waals surface area contributed by atoms with Crippen LogP contribution in [-0.4, -0.2) is 34.1 Å². The molecule has 0 atom stereocenters. The molecule has 0 radical (unpaired) electrons. The minimum Gasteiger partial charge on any atom is -0.467 e. The number of furan rings is 1. The van der Waals surface area contributed by atoms with Gasteiger partial charge in [-0.25, -0.2) is 4.98 Å². The van der Waals surface area contributed by atoms with Gasteiger partial charge in [0.25, 0.3) is 5.56 Å². The van der Waals surface area contributed by atoms with Crippen LogP contribution >= 0.6 is 11.8 Å². The lowest BCUT2D eigenvalue weighted by atomic mass is 10.3. The molecule has 0 bridgehead atoms. The van der Waals surface area contributed by atoms with E-state index in [9.17, 15) is 14.4 Å². The summed E-state index contributed by atoms with van der Waals surface area (Å²) in [5.41, 5.74) is -0.0381. The zero-order chi connectivity index (χ0) is 18.1. The first-order chi connectivity index (χ1) is 12.1. The third-order valence-electron chi connectivity index (χ3n) is 2.94. The summed E-state index contributed by atoms with van der Waals surface area (Å²) in [4.78, 5) is 41.9. The first kappa shape index (κ1) is 18.5. The van der Waals surface area contributed by atoms with E-state index in [-0.39, 0.29) is 34.7 Å². The first-order valence-corrected chi connectivity index (χ1v) is 8.45. The molecule has 0 saturated carbocycles. The third kappa shape index (κ3) is 6.68. The molecule has 9 heteroatoms. The number of aromatic amines is 1. The van der Waals surface area contributed by atoms with Crippen molar-refractivity contribution in [2.75, 3.05) is 12.3 Å². The van der Waals surface area contributed by atoms with Crippen LogP contribution in [0.15, 0.2) is 51.5 Å². The lowest BCUT2D eigenvalue weighted by molar-refractivity contribution is -0.120. The molecule has 8 nitrogen and oxygen atoms in total. The molecule has 2 aromatic rings. The Balaban J connectivity index is 1.86. The van der Waals surface area contributed by atoms with E-state index in [1.54, 1.807) is 18.2 Å². The molecule has 0 unspecified atom stereocenters. The molecule has 0 fully saturated rings. The largest absolute Gasteiger partial charge is 0.467 e. The SMILES string of the molecule is C=CCNC(=O)Cc1cc(=O)[nH]c(SCC(=O)NCc2ccco2)n1. The maximum absolute atomic E-state index is 11.8. The summed E-state index contributed by atoms with van der Waals surface area (Å²) >= 11 is 1.08. The Hall–Kier alpha value is -2.81. The van der Waals surface area contributed by atoms with Gasteiger partial charge in [-0.05, 0) is 12.1 Å². The summed E-state index contributed by atoms with van der Waals surface area (Å²) in [6.07, 6.45) is 3.07. The highest BCUT2D eigenvalue weighted by atomic mass is 32.2. The number of hydrogen-bond donors (Lipinski definition) is 3. The Morgan fingerprint density at radius 3 is 2.92 bits per heavy atom. The van der Waals surface area contributed by atoms with Gasteiger partial charge >= 0.3 is 0 Å². The maximum atomic E-state index is 11.8. The molecule has 3 N–H and O–H groups in total. The molecule has 0 saturated heterocycles. The van der Waals surface area contributed by atoms with Gasteiger partial charge < -0.3 is 20.0 Å². The Bertz CT molecular complexity index is 786. The van der Waals surface area contributed by atoms with Gasteiger partial charge in [0, 0.05) is 12.6 Å². The molecule has 0 aliphatic heterocycles. The van der Waals surface area contributed by atoms with Gasteiger partial charge in [0.05, 0.1) is 30.7 Å². The fraction of sp³-hybridized carbons (Fsp3) is 0.250. The third-order valence-corrected chi connectivity index (χ3v) is 3.81. The number of H-pyrrole nitrogens is 1. The predicted octanol–water partition coefficient (Wildman–Crippen LogP) is 0.616. The van der Waals surface area contributed by atoms with Crippen LogP contribution in [-0.2, 0) is 22.6 Å². The van der Waals surface area contributed by atoms with E-state index in [0.29, 0.717) is 24.5 Å². The van der Waals surface area contributed by atoms with Crippen molar-refractivity contribution in [1.29, 1.82) is 0 Å². The average Bonchev–Trinajstić information content (AvgIpc) is 3.09. The van der Waals surface area contributed by atoms with Crippen LogP contribution in [0.2, 0.25) is 0 Å². The van der Waals surface area contributed by atoms with Gasteiger partial charge in [-0.2, -0.15) is 0 Å². The number of thioether (sulfide) groups is 1. The smallest absolute Gasteiger partial charge is 0.251 e. The van der Waals surface area contributed by atoms with Crippen molar-refractivity contribution in [3.63, 3.8) is 0 Å². The molecule has 2 heterocycles. The quantitative estimate of drug-likeness (QED) is 0.342. The highest BCUT2D eigenvalue weighted by Gasteiger charge is 2.09. The highest BCUT2D eigenvalue weighted by molar-refractivity contribution is 7.99. The number of aromatic nitrogens is 2. The molecule has 132 valence electrons. The summed E-state index contributed by atoms with van der Waals surface area (Å²) in [6.45, 7) is 4.15. The standard InChI is InChI=1S/C16H18N4O4S/c1-2-5-17-13(21)7-11-8-14(22)20-16(19-11)25-10-15(23)18-9-12-4-3-6-24-12/h2-4,6,8H,1,5,7,9-10H2,(H,17,21)(H,18,23)(H,19,20,22). The topological polar surface area (TPSA) is 117 Å². The van der Waals surface area contributed by atoms with E-state index < -0.39 is 0 Å². The highest BCUT2D eigenvalue weighted by Crippen LogP contribution is 2.11. The average molecular weight is 362 g/mol. The van der Waals surface area contributed by atoms with Crippen LogP contribution in [0.5, 0.6) is 0 Å². The fourth-order valence-electron chi connectivity index (χ4n) is 1.84.